The zero-order valence-electron chi connectivity index (χ0n) is 22.7. The van der Waals surface area contributed by atoms with Crippen molar-refractivity contribution in [2.45, 2.75) is 76.9 Å². The first kappa shape index (κ1) is 29.2. The van der Waals surface area contributed by atoms with Gasteiger partial charge in [-0.2, -0.15) is 0 Å². The third kappa shape index (κ3) is 4.85. The number of Topliss-reactive ketones (excluding diaryl/α,β-unsaturated/α-hetero) is 1. The summed E-state index contributed by atoms with van der Waals surface area (Å²) in [6.07, 6.45) is 7.51. The van der Waals surface area contributed by atoms with Crippen LogP contribution >= 0.6 is 15.9 Å². The lowest BCUT2D eigenvalue weighted by molar-refractivity contribution is -0.181. The summed E-state index contributed by atoms with van der Waals surface area (Å²) in [5.74, 6) is 0.0165. The van der Waals surface area contributed by atoms with E-state index in [0.29, 0.717) is 19.4 Å². The van der Waals surface area contributed by atoms with E-state index in [1.165, 1.54) is 11.1 Å². The Balaban J connectivity index is 0.00000164. The van der Waals surface area contributed by atoms with Crippen LogP contribution in [-0.2, 0) is 16.1 Å². The van der Waals surface area contributed by atoms with Crippen molar-refractivity contribution in [3.63, 3.8) is 0 Å². The van der Waals surface area contributed by atoms with E-state index in [1.54, 1.807) is 0 Å². The molecule has 4 aliphatic carbocycles. The minimum Gasteiger partial charge on any atom is -0.395 e. The highest BCUT2D eigenvalue weighted by atomic mass is 79.9. The summed E-state index contributed by atoms with van der Waals surface area (Å²) in [6, 6.07) is 8.20. The molecule has 1 aromatic rings. The van der Waals surface area contributed by atoms with E-state index in [-0.39, 0.29) is 23.2 Å². The van der Waals surface area contributed by atoms with Gasteiger partial charge in [0.05, 0.1) is 11.8 Å². The summed E-state index contributed by atoms with van der Waals surface area (Å²) < 4.78 is 1.06. The van der Waals surface area contributed by atoms with Crippen LogP contribution in [0.15, 0.2) is 58.7 Å². The standard InChI is InChI=1S/C29H38BrNO5.C2H4/c1-27-11-8-21(31-36-13-10-18-4-3-5-20(30)14-18)15-19(27)6-7-22-23-9-12-29(35,25(34)17-32)28(23,2)16-24(33)26(22)27;1-2/h3-5,14-15,22-24,26,32-33,35H,6-13,16-17H2,1-2H3;1-2H2/b31-21-;/t22-,23-,24-,26+,27-,28-,29-;/m0./s1. The predicted molar refractivity (Wildman–Crippen MR) is 153 cm³/mol. The molecule has 0 bridgehead atoms. The summed E-state index contributed by atoms with van der Waals surface area (Å²) in [5.41, 5.74) is 1.14. The Bertz CT molecular complexity index is 1100. The number of fused-ring (bicyclic) bond motifs is 5. The van der Waals surface area contributed by atoms with Crippen LogP contribution in [0.5, 0.6) is 0 Å². The van der Waals surface area contributed by atoms with E-state index in [2.05, 4.69) is 59.4 Å². The van der Waals surface area contributed by atoms with Crippen LogP contribution < -0.4 is 0 Å². The van der Waals surface area contributed by atoms with Crippen LogP contribution in [0.25, 0.3) is 0 Å². The van der Waals surface area contributed by atoms with Gasteiger partial charge in [-0.1, -0.05) is 52.6 Å². The Hall–Kier alpha value is -1.80. The Kier molecular flexibility index (Phi) is 8.73. The maximum Gasteiger partial charge on any atom is 0.190 e. The molecule has 3 fully saturated rings. The summed E-state index contributed by atoms with van der Waals surface area (Å²) >= 11 is 3.50. The molecule has 1 aromatic carbocycles. The van der Waals surface area contributed by atoms with Crippen molar-refractivity contribution in [2.75, 3.05) is 13.2 Å². The third-order valence-electron chi connectivity index (χ3n) is 10.2. The van der Waals surface area contributed by atoms with E-state index in [0.717, 1.165) is 48.7 Å². The molecule has 0 radical (unpaired) electrons. The first-order valence-electron chi connectivity index (χ1n) is 13.8. The van der Waals surface area contributed by atoms with Crippen molar-refractivity contribution < 1.29 is 25.0 Å². The second kappa shape index (κ2) is 11.4. The molecule has 0 aliphatic heterocycles. The van der Waals surface area contributed by atoms with Crippen LogP contribution in [0.1, 0.15) is 64.4 Å². The number of nitrogens with zero attached hydrogens (tertiary/aromatic N) is 1. The van der Waals surface area contributed by atoms with Gasteiger partial charge < -0.3 is 20.2 Å². The highest BCUT2D eigenvalue weighted by Gasteiger charge is 2.68. The average Bonchev–Trinajstić information content (AvgIpc) is 3.18. The zero-order chi connectivity index (χ0) is 27.7. The number of carbonyl (C=O) groups excluding carboxylic acids is 1. The smallest absolute Gasteiger partial charge is 0.190 e. The first-order chi connectivity index (χ1) is 18.1. The zero-order valence-corrected chi connectivity index (χ0v) is 24.3. The fraction of sp³-hybridized carbons (Fsp3) is 0.613. The molecular formula is C31H42BrNO5. The molecule has 38 heavy (non-hydrogen) atoms. The van der Waals surface area contributed by atoms with Gasteiger partial charge in [-0.15, -0.1) is 13.2 Å². The number of benzene rings is 1. The largest absolute Gasteiger partial charge is 0.395 e. The van der Waals surface area contributed by atoms with E-state index in [1.807, 2.05) is 19.1 Å². The van der Waals surface area contributed by atoms with Crippen molar-refractivity contribution in [1.82, 2.24) is 0 Å². The Morgan fingerprint density at radius 2 is 1.97 bits per heavy atom. The molecule has 0 aromatic heterocycles. The van der Waals surface area contributed by atoms with Crippen LogP contribution in [-0.4, -0.2) is 51.7 Å². The van der Waals surface area contributed by atoms with E-state index < -0.39 is 29.5 Å². The monoisotopic (exact) mass is 587 g/mol. The molecule has 6 nitrogen and oxygen atoms in total. The molecule has 4 aliphatic rings. The van der Waals surface area contributed by atoms with E-state index >= 15 is 0 Å². The molecule has 208 valence electrons. The SMILES string of the molecule is C=C.C[C@]12CC/C(=N/OCCc3cccc(Br)c3)C=C1CC[C@@H]1[C@@H]2[C@@H](O)C[C@@]2(C)[C@H]1CC[C@]2(O)C(=O)CO. The lowest BCUT2D eigenvalue weighted by Crippen LogP contribution is -2.62. The summed E-state index contributed by atoms with van der Waals surface area (Å²) in [6.45, 7) is 10.1. The van der Waals surface area contributed by atoms with Gasteiger partial charge in [0, 0.05) is 16.3 Å². The second-order valence-corrected chi connectivity index (χ2v) is 12.8. The van der Waals surface area contributed by atoms with E-state index in [9.17, 15) is 20.1 Å². The highest BCUT2D eigenvalue weighted by molar-refractivity contribution is 9.10. The maximum absolute atomic E-state index is 12.6. The fourth-order valence-corrected chi connectivity index (χ4v) is 8.80. The van der Waals surface area contributed by atoms with Crippen molar-refractivity contribution in [1.29, 1.82) is 0 Å². The summed E-state index contributed by atoms with van der Waals surface area (Å²) in [7, 11) is 0. The van der Waals surface area contributed by atoms with Crippen molar-refractivity contribution >= 4 is 27.4 Å². The average molecular weight is 589 g/mol. The fourth-order valence-electron chi connectivity index (χ4n) is 8.35. The third-order valence-corrected chi connectivity index (χ3v) is 10.7. The predicted octanol–water partition coefficient (Wildman–Crippen LogP) is 5.39. The minimum absolute atomic E-state index is 0.0983. The number of hydrogen-bond donors (Lipinski definition) is 3. The molecule has 5 rings (SSSR count). The van der Waals surface area contributed by atoms with E-state index in [4.69, 9.17) is 4.84 Å². The minimum atomic E-state index is -1.55. The van der Waals surface area contributed by atoms with Gasteiger partial charge in [0.1, 0.15) is 18.8 Å². The number of carbonyl (C=O) groups is 1. The summed E-state index contributed by atoms with van der Waals surface area (Å²) in [5, 5.41) is 36.9. The van der Waals surface area contributed by atoms with Gasteiger partial charge in [0.25, 0.3) is 0 Å². The molecule has 3 N–H and O–H groups in total. The number of aliphatic hydroxyl groups excluding tert-OH is 2. The van der Waals surface area contributed by atoms with Crippen LogP contribution in [0.4, 0.5) is 0 Å². The molecule has 7 atom stereocenters. The number of aliphatic hydroxyl groups is 3. The van der Waals surface area contributed by atoms with Gasteiger partial charge in [0.2, 0.25) is 0 Å². The van der Waals surface area contributed by atoms with Gasteiger partial charge in [-0.3, -0.25) is 4.79 Å². The number of halogens is 1. The normalized spacial score (nSPS) is 38.7. The highest BCUT2D eigenvalue weighted by Crippen LogP contribution is 2.67. The van der Waals surface area contributed by atoms with Crippen LogP contribution in [0.3, 0.4) is 0 Å². The maximum atomic E-state index is 12.6. The Morgan fingerprint density at radius 3 is 2.68 bits per heavy atom. The molecule has 3 saturated carbocycles. The van der Waals surface area contributed by atoms with Gasteiger partial charge in [-0.25, -0.2) is 0 Å². The van der Waals surface area contributed by atoms with Gasteiger partial charge in [-0.05, 0) is 91.9 Å². The number of rotatable bonds is 6. The van der Waals surface area contributed by atoms with Crippen molar-refractivity contribution in [2.24, 2.45) is 33.7 Å². The Labute approximate surface area is 235 Å². The number of hydrogen-bond acceptors (Lipinski definition) is 6. The second-order valence-electron chi connectivity index (χ2n) is 11.9. The Morgan fingerprint density at radius 1 is 1.21 bits per heavy atom. The quantitative estimate of drug-likeness (QED) is 0.235. The number of allylic oxidation sites excluding steroid dienone is 2. The molecule has 0 amide bonds. The molecule has 0 saturated heterocycles. The van der Waals surface area contributed by atoms with Crippen molar-refractivity contribution in [3.05, 3.63) is 59.1 Å². The molecule has 0 spiro atoms. The lowest BCUT2D eigenvalue weighted by Gasteiger charge is -2.60. The number of ketones is 1. The summed E-state index contributed by atoms with van der Waals surface area (Å²) in [4.78, 5) is 18.3. The van der Waals surface area contributed by atoms with Gasteiger partial charge in [0.15, 0.2) is 5.78 Å². The molecule has 0 heterocycles. The molecule has 0 unspecified atom stereocenters. The van der Waals surface area contributed by atoms with Gasteiger partial charge >= 0.3 is 0 Å². The molecule has 7 heteroatoms. The number of oxime groups is 1. The van der Waals surface area contributed by atoms with Crippen molar-refractivity contribution in [3.8, 4) is 0 Å². The topological polar surface area (TPSA) is 99.4 Å². The van der Waals surface area contributed by atoms with Crippen LogP contribution in [0.2, 0.25) is 0 Å². The lowest BCUT2D eigenvalue weighted by atomic mass is 9.45. The first-order valence-corrected chi connectivity index (χ1v) is 14.6. The molecular weight excluding hydrogens is 546 g/mol. The van der Waals surface area contributed by atoms with Crippen LogP contribution in [0, 0.1) is 28.6 Å².